The van der Waals surface area contributed by atoms with E-state index in [1.807, 2.05) is 6.92 Å². The van der Waals surface area contributed by atoms with Gasteiger partial charge in [0.15, 0.2) is 0 Å². The Kier molecular flexibility index (Phi) is 5.78. The highest BCUT2D eigenvalue weighted by Crippen LogP contribution is 2.17. The number of carbonyl (C=O) groups excluding carboxylic acids is 1. The van der Waals surface area contributed by atoms with Crippen molar-refractivity contribution in [3.05, 3.63) is 52.2 Å². The van der Waals surface area contributed by atoms with Crippen molar-refractivity contribution in [2.45, 2.75) is 38.8 Å². The first-order valence-electron chi connectivity index (χ1n) is 8.82. The van der Waals surface area contributed by atoms with Gasteiger partial charge in [0.05, 0.1) is 6.10 Å². The van der Waals surface area contributed by atoms with Crippen LogP contribution in [0.2, 0.25) is 0 Å². The monoisotopic (exact) mass is 359 g/mol. The number of rotatable bonds is 6. The van der Waals surface area contributed by atoms with E-state index < -0.39 is 0 Å². The number of amides is 1. The summed E-state index contributed by atoms with van der Waals surface area (Å²) in [7, 11) is 0. The predicted molar refractivity (Wildman–Crippen MR) is 95.3 cm³/mol. The number of carbonyl (C=O) groups is 1. The van der Waals surface area contributed by atoms with Gasteiger partial charge >= 0.3 is 0 Å². The van der Waals surface area contributed by atoms with Crippen LogP contribution in [0.1, 0.15) is 25.5 Å². The summed E-state index contributed by atoms with van der Waals surface area (Å²) in [6.45, 7) is 2.90. The molecule has 2 heterocycles. The smallest absolute Gasteiger partial charge is 0.254 e. The number of nitrogens with one attached hydrogen (secondary N) is 1. The van der Waals surface area contributed by atoms with Crippen molar-refractivity contribution in [3.8, 4) is 11.4 Å². The van der Waals surface area contributed by atoms with E-state index >= 15 is 0 Å². The fourth-order valence-corrected chi connectivity index (χ4v) is 2.94. The maximum absolute atomic E-state index is 13.2. The average Bonchev–Trinajstić information content (AvgIpc) is 3.16. The summed E-state index contributed by atoms with van der Waals surface area (Å²) < 4.78 is 20.0. The molecule has 3 rings (SSSR count). The highest BCUT2D eigenvalue weighted by atomic mass is 19.1. The normalized spacial score (nSPS) is 16.6. The topological polar surface area (TPSA) is 73.2 Å². The number of aromatic nitrogens is 2. The molecule has 1 aliphatic rings. The molecule has 1 amide bonds. The van der Waals surface area contributed by atoms with Crippen molar-refractivity contribution in [1.82, 2.24) is 14.9 Å². The highest BCUT2D eigenvalue weighted by Gasteiger charge is 2.18. The Morgan fingerprint density at radius 3 is 2.81 bits per heavy atom. The Labute approximate surface area is 151 Å². The molecule has 1 saturated heterocycles. The molecule has 6 nitrogen and oxygen atoms in total. The molecule has 0 unspecified atom stereocenters. The van der Waals surface area contributed by atoms with Gasteiger partial charge in [-0.1, -0.05) is 6.92 Å². The number of halogens is 1. The number of nitrogens with zero attached hydrogens (tertiary/aromatic N) is 2. The minimum absolute atomic E-state index is 0.0350. The standard InChI is InChI=1S/C19H22FN3O3/c1-2-15-10-18(25)23(12-17(24)21-11-16-4-3-9-26-16)19(22-15)13-5-7-14(20)8-6-13/h5-8,10,16H,2-4,9,11-12H2,1H3,(H,21,24)/t16-/m1/s1. The van der Waals surface area contributed by atoms with Crippen LogP contribution >= 0.6 is 0 Å². The number of benzene rings is 1. The molecule has 1 aliphatic heterocycles. The predicted octanol–water partition coefficient (Wildman–Crippen LogP) is 1.91. The van der Waals surface area contributed by atoms with Crippen molar-refractivity contribution in [2.75, 3.05) is 13.2 Å². The van der Waals surface area contributed by atoms with Gasteiger partial charge in [0, 0.05) is 30.5 Å². The van der Waals surface area contributed by atoms with Gasteiger partial charge in [0.2, 0.25) is 5.91 Å². The molecule has 1 atom stereocenters. The SMILES string of the molecule is CCc1cc(=O)n(CC(=O)NC[C@H]2CCCO2)c(-c2ccc(F)cc2)n1. The minimum atomic E-state index is -0.372. The van der Waals surface area contributed by atoms with E-state index in [1.54, 1.807) is 12.1 Å². The molecule has 1 fully saturated rings. The first kappa shape index (κ1) is 18.3. The fourth-order valence-electron chi connectivity index (χ4n) is 2.94. The zero-order valence-electron chi connectivity index (χ0n) is 14.7. The van der Waals surface area contributed by atoms with Gasteiger partial charge < -0.3 is 10.1 Å². The van der Waals surface area contributed by atoms with Gasteiger partial charge in [0.1, 0.15) is 18.2 Å². The van der Waals surface area contributed by atoms with Crippen molar-refractivity contribution in [3.63, 3.8) is 0 Å². The van der Waals surface area contributed by atoms with Crippen LogP contribution in [-0.2, 0) is 22.5 Å². The second-order valence-electron chi connectivity index (χ2n) is 6.30. The van der Waals surface area contributed by atoms with Gasteiger partial charge in [-0.3, -0.25) is 14.2 Å². The first-order valence-corrected chi connectivity index (χ1v) is 8.82. The van der Waals surface area contributed by atoms with Crippen molar-refractivity contribution >= 4 is 5.91 Å². The zero-order valence-corrected chi connectivity index (χ0v) is 14.7. The lowest BCUT2D eigenvalue weighted by Gasteiger charge is -2.15. The van der Waals surface area contributed by atoms with Crippen LogP contribution in [0.3, 0.4) is 0 Å². The molecule has 26 heavy (non-hydrogen) atoms. The van der Waals surface area contributed by atoms with Gasteiger partial charge in [-0.2, -0.15) is 0 Å². The summed E-state index contributed by atoms with van der Waals surface area (Å²) in [5.74, 6) is -0.290. The third kappa shape index (κ3) is 4.35. The summed E-state index contributed by atoms with van der Waals surface area (Å²) in [6, 6.07) is 7.15. The highest BCUT2D eigenvalue weighted by molar-refractivity contribution is 5.76. The molecule has 2 aromatic rings. The number of aryl methyl sites for hydroxylation is 1. The lowest BCUT2D eigenvalue weighted by Crippen LogP contribution is -2.37. The Morgan fingerprint density at radius 1 is 1.38 bits per heavy atom. The molecule has 138 valence electrons. The summed E-state index contributed by atoms with van der Waals surface area (Å²) in [6.07, 6.45) is 2.55. The molecule has 0 spiro atoms. The molecule has 7 heteroatoms. The van der Waals surface area contributed by atoms with Crippen LogP contribution < -0.4 is 10.9 Å². The van der Waals surface area contributed by atoms with Crippen LogP contribution in [0.15, 0.2) is 35.1 Å². The van der Waals surface area contributed by atoms with E-state index in [1.165, 1.54) is 22.8 Å². The Bertz CT molecular complexity index is 827. The van der Waals surface area contributed by atoms with Crippen molar-refractivity contribution < 1.29 is 13.9 Å². The molecular weight excluding hydrogens is 337 g/mol. The van der Waals surface area contributed by atoms with E-state index in [4.69, 9.17) is 4.74 Å². The lowest BCUT2D eigenvalue weighted by atomic mass is 10.2. The molecule has 0 radical (unpaired) electrons. The van der Waals surface area contributed by atoms with Crippen LogP contribution in [-0.4, -0.2) is 34.7 Å². The van der Waals surface area contributed by atoms with Gasteiger partial charge in [-0.25, -0.2) is 9.37 Å². The van der Waals surface area contributed by atoms with Crippen LogP contribution in [0.25, 0.3) is 11.4 Å². The number of hydrogen-bond donors (Lipinski definition) is 1. The van der Waals surface area contributed by atoms with E-state index in [0.717, 1.165) is 19.4 Å². The second kappa shape index (κ2) is 8.23. The largest absolute Gasteiger partial charge is 0.376 e. The maximum atomic E-state index is 13.2. The van der Waals surface area contributed by atoms with Crippen LogP contribution in [0.4, 0.5) is 4.39 Å². The fraction of sp³-hybridized carbons (Fsp3) is 0.421. The van der Waals surface area contributed by atoms with Crippen LogP contribution in [0, 0.1) is 5.82 Å². The summed E-state index contributed by atoms with van der Waals surface area (Å²) in [5, 5.41) is 2.81. The minimum Gasteiger partial charge on any atom is -0.376 e. The van der Waals surface area contributed by atoms with Crippen LogP contribution in [0.5, 0.6) is 0 Å². The second-order valence-corrected chi connectivity index (χ2v) is 6.30. The average molecular weight is 359 g/mol. The maximum Gasteiger partial charge on any atom is 0.254 e. The summed E-state index contributed by atoms with van der Waals surface area (Å²) in [4.78, 5) is 29.3. The first-order chi connectivity index (χ1) is 12.6. The van der Waals surface area contributed by atoms with E-state index in [0.29, 0.717) is 30.0 Å². The Balaban J connectivity index is 1.83. The number of hydrogen-bond acceptors (Lipinski definition) is 4. The Hall–Kier alpha value is -2.54. The molecule has 0 aliphatic carbocycles. The molecule has 1 aromatic carbocycles. The molecule has 1 aromatic heterocycles. The lowest BCUT2D eigenvalue weighted by molar-refractivity contribution is -0.122. The summed E-state index contributed by atoms with van der Waals surface area (Å²) >= 11 is 0. The Morgan fingerprint density at radius 2 is 2.15 bits per heavy atom. The molecule has 0 bridgehead atoms. The molecular formula is C19H22FN3O3. The van der Waals surface area contributed by atoms with E-state index in [2.05, 4.69) is 10.3 Å². The third-order valence-electron chi connectivity index (χ3n) is 4.38. The number of ether oxygens (including phenoxy) is 1. The molecule has 0 saturated carbocycles. The van der Waals surface area contributed by atoms with Gasteiger partial charge in [-0.05, 0) is 43.5 Å². The van der Waals surface area contributed by atoms with Gasteiger partial charge in [0.25, 0.3) is 5.56 Å². The van der Waals surface area contributed by atoms with E-state index in [9.17, 15) is 14.0 Å². The van der Waals surface area contributed by atoms with Crippen molar-refractivity contribution in [1.29, 1.82) is 0 Å². The summed E-state index contributed by atoms with van der Waals surface area (Å²) in [5.41, 5.74) is 0.916. The van der Waals surface area contributed by atoms with E-state index in [-0.39, 0.29) is 29.9 Å². The molecule has 1 N–H and O–H groups in total. The van der Waals surface area contributed by atoms with Crippen molar-refractivity contribution in [2.24, 2.45) is 0 Å². The third-order valence-corrected chi connectivity index (χ3v) is 4.38. The quantitative estimate of drug-likeness (QED) is 0.855. The zero-order chi connectivity index (χ0) is 18.5. The van der Waals surface area contributed by atoms with Gasteiger partial charge in [-0.15, -0.1) is 0 Å².